The minimum absolute atomic E-state index is 0.0333. The second-order valence-corrected chi connectivity index (χ2v) is 7.55. The molecule has 1 fully saturated rings. The van der Waals surface area contributed by atoms with Crippen LogP contribution in [0, 0.1) is 0 Å². The molecule has 2 aromatic carbocycles. The van der Waals surface area contributed by atoms with Gasteiger partial charge in [-0.05, 0) is 55.3 Å². The van der Waals surface area contributed by atoms with Crippen LogP contribution in [-0.2, 0) is 16.1 Å². The van der Waals surface area contributed by atoms with E-state index >= 15 is 0 Å². The zero-order chi connectivity index (χ0) is 21.3. The number of hydrogen-bond donors (Lipinski definition) is 0. The number of morpholine rings is 1. The van der Waals surface area contributed by atoms with E-state index in [0.29, 0.717) is 37.3 Å². The molecule has 0 N–H and O–H groups in total. The summed E-state index contributed by atoms with van der Waals surface area (Å²) in [6, 6.07) is 15.5. The predicted octanol–water partition coefficient (Wildman–Crippen LogP) is 3.54. The summed E-state index contributed by atoms with van der Waals surface area (Å²) in [5, 5.41) is 0. The number of rotatable bonds is 9. The van der Waals surface area contributed by atoms with Crippen LogP contribution in [0.5, 0.6) is 5.75 Å². The molecule has 0 radical (unpaired) electrons. The number of carbonyl (C=O) groups is 2. The Morgan fingerprint density at radius 2 is 1.70 bits per heavy atom. The molecule has 1 saturated heterocycles. The summed E-state index contributed by atoms with van der Waals surface area (Å²) in [5.74, 6) is 0.842. The summed E-state index contributed by atoms with van der Waals surface area (Å²) in [6.07, 6.45) is 1.08. The molecule has 0 saturated carbocycles. The summed E-state index contributed by atoms with van der Waals surface area (Å²) in [4.78, 5) is 27.8. The fraction of sp³-hybridized carbons (Fsp3) is 0.417. The van der Waals surface area contributed by atoms with Crippen molar-refractivity contribution >= 4 is 17.4 Å². The molecule has 1 aliphatic rings. The van der Waals surface area contributed by atoms with E-state index in [0.717, 1.165) is 31.9 Å². The summed E-state index contributed by atoms with van der Waals surface area (Å²) in [6.45, 7) is 5.97. The van der Waals surface area contributed by atoms with Gasteiger partial charge in [0.15, 0.2) is 5.78 Å². The monoisotopic (exact) mass is 410 g/mol. The average Bonchev–Trinajstić information content (AvgIpc) is 2.78. The molecule has 160 valence electrons. The highest BCUT2D eigenvalue weighted by Crippen LogP contribution is 2.18. The Morgan fingerprint density at radius 1 is 1.03 bits per heavy atom. The maximum absolute atomic E-state index is 12.4. The highest BCUT2D eigenvalue weighted by Gasteiger charge is 2.12. The fourth-order valence-corrected chi connectivity index (χ4v) is 3.39. The molecule has 1 amide bonds. The van der Waals surface area contributed by atoms with E-state index in [2.05, 4.69) is 29.2 Å². The molecule has 1 aliphatic heterocycles. The van der Waals surface area contributed by atoms with E-state index in [9.17, 15) is 9.59 Å². The Morgan fingerprint density at radius 3 is 2.33 bits per heavy atom. The zero-order valence-electron chi connectivity index (χ0n) is 17.8. The summed E-state index contributed by atoms with van der Waals surface area (Å²) in [5.41, 5.74) is 2.98. The topological polar surface area (TPSA) is 59.1 Å². The van der Waals surface area contributed by atoms with E-state index in [1.54, 1.807) is 29.2 Å². The normalized spacial score (nSPS) is 13.7. The van der Waals surface area contributed by atoms with Crippen LogP contribution in [0.1, 0.15) is 35.7 Å². The van der Waals surface area contributed by atoms with Crippen LogP contribution in [0.2, 0.25) is 0 Å². The third-order valence-corrected chi connectivity index (χ3v) is 5.22. The Balaban J connectivity index is 1.38. The van der Waals surface area contributed by atoms with E-state index in [-0.39, 0.29) is 11.7 Å². The standard InChI is InChI=1S/C24H30N2O4/c1-19(27)21-7-11-23(12-8-21)30-15-3-4-24(28)25(2)18-20-5-9-22(10-6-20)26-13-16-29-17-14-26/h5-12H,3-4,13-18H2,1-2H3. The van der Waals surface area contributed by atoms with E-state index < -0.39 is 0 Å². The quantitative estimate of drug-likeness (QED) is 0.467. The second-order valence-electron chi connectivity index (χ2n) is 7.55. The van der Waals surface area contributed by atoms with Crippen molar-refractivity contribution in [3.8, 4) is 5.75 Å². The number of Topliss-reactive ketones (excluding diaryl/α,β-unsaturated/α-hetero) is 1. The van der Waals surface area contributed by atoms with E-state index in [1.807, 2.05) is 7.05 Å². The molecule has 0 aromatic heterocycles. The lowest BCUT2D eigenvalue weighted by atomic mass is 10.1. The second kappa shape index (κ2) is 10.8. The van der Waals surface area contributed by atoms with Gasteiger partial charge in [-0.1, -0.05) is 12.1 Å². The van der Waals surface area contributed by atoms with Gasteiger partial charge in [-0.2, -0.15) is 0 Å². The molecule has 0 atom stereocenters. The molecule has 2 aromatic rings. The van der Waals surface area contributed by atoms with E-state index in [1.165, 1.54) is 12.6 Å². The first-order chi connectivity index (χ1) is 14.5. The number of ether oxygens (including phenoxy) is 2. The molecular weight excluding hydrogens is 380 g/mol. The predicted molar refractivity (Wildman–Crippen MR) is 117 cm³/mol. The number of amides is 1. The number of ketones is 1. The van der Waals surface area contributed by atoms with Crippen molar-refractivity contribution in [2.45, 2.75) is 26.3 Å². The van der Waals surface area contributed by atoms with E-state index in [4.69, 9.17) is 9.47 Å². The van der Waals surface area contributed by atoms with Crippen LogP contribution in [-0.4, -0.2) is 56.5 Å². The lowest BCUT2D eigenvalue weighted by molar-refractivity contribution is -0.130. The van der Waals surface area contributed by atoms with Crippen LogP contribution in [0.15, 0.2) is 48.5 Å². The van der Waals surface area contributed by atoms with Gasteiger partial charge in [0.05, 0.1) is 19.8 Å². The third-order valence-electron chi connectivity index (χ3n) is 5.22. The number of hydrogen-bond acceptors (Lipinski definition) is 5. The fourth-order valence-electron chi connectivity index (χ4n) is 3.39. The Labute approximate surface area is 178 Å². The maximum atomic E-state index is 12.4. The highest BCUT2D eigenvalue weighted by molar-refractivity contribution is 5.94. The van der Waals surface area contributed by atoms with Crippen LogP contribution < -0.4 is 9.64 Å². The molecule has 0 bridgehead atoms. The van der Waals surface area contributed by atoms with Gasteiger partial charge in [-0.25, -0.2) is 0 Å². The van der Waals surface area contributed by atoms with Gasteiger partial charge in [0.1, 0.15) is 5.75 Å². The van der Waals surface area contributed by atoms with Crippen molar-refractivity contribution in [2.24, 2.45) is 0 Å². The average molecular weight is 411 g/mol. The van der Waals surface area contributed by atoms with Crippen LogP contribution in [0.4, 0.5) is 5.69 Å². The van der Waals surface area contributed by atoms with Crippen LogP contribution >= 0.6 is 0 Å². The lowest BCUT2D eigenvalue weighted by Crippen LogP contribution is -2.36. The SMILES string of the molecule is CC(=O)c1ccc(OCCCC(=O)N(C)Cc2ccc(N3CCOCC3)cc2)cc1. The van der Waals surface area contributed by atoms with Crippen molar-refractivity contribution in [2.75, 3.05) is 44.9 Å². The number of anilines is 1. The van der Waals surface area contributed by atoms with Crippen molar-refractivity contribution in [3.05, 3.63) is 59.7 Å². The number of nitrogens with zero attached hydrogens (tertiary/aromatic N) is 2. The molecule has 0 spiro atoms. The van der Waals surface area contributed by atoms with Crippen LogP contribution in [0.25, 0.3) is 0 Å². The van der Waals surface area contributed by atoms with Crippen molar-refractivity contribution in [3.63, 3.8) is 0 Å². The maximum Gasteiger partial charge on any atom is 0.222 e. The summed E-state index contributed by atoms with van der Waals surface area (Å²) in [7, 11) is 1.83. The minimum Gasteiger partial charge on any atom is -0.494 e. The smallest absolute Gasteiger partial charge is 0.222 e. The molecular formula is C24H30N2O4. The number of carbonyl (C=O) groups excluding carboxylic acids is 2. The Hall–Kier alpha value is -2.86. The Bertz CT molecular complexity index is 827. The molecule has 0 aliphatic carbocycles. The van der Waals surface area contributed by atoms with Gasteiger partial charge in [0.2, 0.25) is 5.91 Å². The first kappa shape index (κ1) is 21.8. The Kier molecular flexibility index (Phi) is 7.85. The van der Waals surface area contributed by atoms with Gasteiger partial charge in [-0.3, -0.25) is 9.59 Å². The van der Waals surface area contributed by atoms with Gasteiger partial charge in [-0.15, -0.1) is 0 Å². The first-order valence-electron chi connectivity index (χ1n) is 10.4. The first-order valence-corrected chi connectivity index (χ1v) is 10.4. The van der Waals surface area contributed by atoms with Crippen molar-refractivity contribution in [1.82, 2.24) is 4.90 Å². The largest absolute Gasteiger partial charge is 0.494 e. The van der Waals surface area contributed by atoms with Crippen molar-refractivity contribution < 1.29 is 19.1 Å². The molecule has 1 heterocycles. The minimum atomic E-state index is 0.0333. The zero-order valence-corrected chi connectivity index (χ0v) is 17.8. The highest BCUT2D eigenvalue weighted by atomic mass is 16.5. The van der Waals surface area contributed by atoms with Crippen molar-refractivity contribution in [1.29, 1.82) is 0 Å². The number of benzene rings is 2. The van der Waals surface area contributed by atoms with Gasteiger partial charge in [0.25, 0.3) is 0 Å². The summed E-state index contributed by atoms with van der Waals surface area (Å²) >= 11 is 0. The molecule has 30 heavy (non-hydrogen) atoms. The molecule has 6 heteroatoms. The van der Waals surface area contributed by atoms with Gasteiger partial charge >= 0.3 is 0 Å². The lowest BCUT2D eigenvalue weighted by Gasteiger charge is -2.29. The molecule has 6 nitrogen and oxygen atoms in total. The van der Waals surface area contributed by atoms with Gasteiger partial charge in [0, 0.05) is 44.4 Å². The van der Waals surface area contributed by atoms with Gasteiger partial charge < -0.3 is 19.3 Å². The third kappa shape index (κ3) is 6.32. The van der Waals surface area contributed by atoms with Crippen LogP contribution in [0.3, 0.4) is 0 Å². The summed E-state index contributed by atoms with van der Waals surface area (Å²) < 4.78 is 11.1. The molecule has 0 unspecified atom stereocenters. The molecule has 3 rings (SSSR count).